The van der Waals surface area contributed by atoms with Crippen molar-refractivity contribution in [2.24, 2.45) is 0 Å². The summed E-state index contributed by atoms with van der Waals surface area (Å²) in [6.45, 7) is 2.62. The van der Waals surface area contributed by atoms with Crippen molar-refractivity contribution in [2.45, 2.75) is 43.8 Å². The van der Waals surface area contributed by atoms with Crippen LogP contribution in [0.3, 0.4) is 0 Å². The summed E-state index contributed by atoms with van der Waals surface area (Å²) in [5.41, 5.74) is 1.08. The van der Waals surface area contributed by atoms with Gasteiger partial charge in [0.1, 0.15) is 18.4 Å². The predicted molar refractivity (Wildman–Crippen MR) is 175 cm³/mol. The molecule has 4 rings (SSSR count). The van der Waals surface area contributed by atoms with Crippen LogP contribution < -0.4 is 19.1 Å². The summed E-state index contributed by atoms with van der Waals surface area (Å²) in [5, 5.41) is 2.88. The fourth-order valence-corrected chi connectivity index (χ4v) is 6.40. The minimum absolute atomic E-state index is 0.0448. The Morgan fingerprint density at radius 3 is 2.04 bits per heavy atom. The molecule has 0 unspecified atom stereocenters. The first-order valence-corrected chi connectivity index (χ1v) is 16.2. The van der Waals surface area contributed by atoms with Crippen LogP contribution in [0.15, 0.2) is 108 Å². The lowest BCUT2D eigenvalue weighted by molar-refractivity contribution is -0.140. The number of amides is 2. The number of halogens is 1. The molecule has 0 saturated carbocycles. The average molecular weight is 648 g/mol. The Balaban J connectivity index is 1.84. The highest BCUT2D eigenvalue weighted by Crippen LogP contribution is 2.34. The summed E-state index contributed by atoms with van der Waals surface area (Å²) in [4.78, 5) is 29.4. The van der Waals surface area contributed by atoms with E-state index in [1.807, 2.05) is 30.3 Å². The van der Waals surface area contributed by atoms with Crippen molar-refractivity contribution in [1.29, 1.82) is 0 Å². The van der Waals surface area contributed by atoms with Gasteiger partial charge in [0.25, 0.3) is 10.0 Å². The van der Waals surface area contributed by atoms with Gasteiger partial charge in [0.15, 0.2) is 11.5 Å². The molecule has 2 amide bonds. The van der Waals surface area contributed by atoms with E-state index >= 15 is 4.39 Å². The Morgan fingerprint density at radius 1 is 0.826 bits per heavy atom. The molecule has 4 aromatic carbocycles. The van der Waals surface area contributed by atoms with Gasteiger partial charge in [-0.3, -0.25) is 13.9 Å². The number of benzene rings is 4. The van der Waals surface area contributed by atoms with Crippen LogP contribution in [-0.2, 0) is 32.6 Å². The molecule has 9 nitrogen and oxygen atoms in total. The summed E-state index contributed by atoms with van der Waals surface area (Å²) < 4.78 is 55.0. The summed E-state index contributed by atoms with van der Waals surface area (Å²) in [6.07, 6.45) is 0.112. The number of ether oxygens (including phenoxy) is 2. The molecular weight excluding hydrogens is 609 g/mol. The third-order valence-electron chi connectivity index (χ3n) is 7.27. The largest absolute Gasteiger partial charge is 0.493 e. The molecule has 1 N–H and O–H groups in total. The zero-order chi connectivity index (χ0) is 33.3. The van der Waals surface area contributed by atoms with Gasteiger partial charge in [0.05, 0.1) is 24.8 Å². The van der Waals surface area contributed by atoms with Gasteiger partial charge in [-0.15, -0.1) is 0 Å². The van der Waals surface area contributed by atoms with E-state index in [0.717, 1.165) is 9.87 Å². The quantitative estimate of drug-likeness (QED) is 0.202. The van der Waals surface area contributed by atoms with E-state index in [-0.39, 0.29) is 40.9 Å². The molecule has 0 heterocycles. The zero-order valence-electron chi connectivity index (χ0n) is 26.2. The van der Waals surface area contributed by atoms with E-state index in [1.54, 1.807) is 38.1 Å². The van der Waals surface area contributed by atoms with Crippen LogP contribution in [-0.4, -0.2) is 58.0 Å². The molecular formula is C35H38FN3O6S. The number of hydrogen-bond acceptors (Lipinski definition) is 6. The zero-order valence-corrected chi connectivity index (χ0v) is 27.0. The van der Waals surface area contributed by atoms with Gasteiger partial charge in [0, 0.05) is 30.6 Å². The first kappa shape index (κ1) is 34.0. The van der Waals surface area contributed by atoms with Crippen LogP contribution in [0.4, 0.5) is 10.1 Å². The second-order valence-corrected chi connectivity index (χ2v) is 12.7. The lowest BCUT2D eigenvalue weighted by Crippen LogP contribution is -2.54. The van der Waals surface area contributed by atoms with Crippen molar-refractivity contribution in [2.75, 3.05) is 25.1 Å². The fourth-order valence-electron chi connectivity index (χ4n) is 4.97. The minimum atomic E-state index is -4.32. The number of rotatable bonds is 14. The number of carbonyl (C=O) groups excluding carboxylic acids is 2. The molecule has 11 heteroatoms. The molecule has 0 saturated heterocycles. The molecule has 0 radical (unpaired) electrons. The van der Waals surface area contributed by atoms with Crippen LogP contribution in [0, 0.1) is 5.82 Å². The molecule has 1 atom stereocenters. The minimum Gasteiger partial charge on any atom is -0.493 e. The van der Waals surface area contributed by atoms with E-state index in [2.05, 4.69) is 5.32 Å². The Hall–Kier alpha value is -4.90. The molecule has 0 fully saturated rings. The van der Waals surface area contributed by atoms with Gasteiger partial charge in [-0.2, -0.15) is 0 Å². The molecule has 4 aromatic rings. The Morgan fingerprint density at radius 2 is 1.43 bits per heavy atom. The van der Waals surface area contributed by atoms with Gasteiger partial charge in [-0.25, -0.2) is 12.8 Å². The monoisotopic (exact) mass is 647 g/mol. The first-order valence-electron chi connectivity index (χ1n) is 14.7. The Labute approximate surface area is 269 Å². The van der Waals surface area contributed by atoms with E-state index < -0.39 is 40.2 Å². The van der Waals surface area contributed by atoms with E-state index in [9.17, 15) is 18.0 Å². The van der Waals surface area contributed by atoms with E-state index in [0.29, 0.717) is 5.75 Å². The fraction of sp³-hybridized carbons (Fsp3) is 0.257. The van der Waals surface area contributed by atoms with Gasteiger partial charge in [0.2, 0.25) is 11.8 Å². The highest BCUT2D eigenvalue weighted by atomic mass is 32.2. The van der Waals surface area contributed by atoms with Crippen LogP contribution >= 0.6 is 0 Å². The molecule has 0 spiro atoms. The number of sulfonamides is 1. The molecule has 0 aliphatic heterocycles. The number of nitrogens with one attached hydrogen (secondary N) is 1. The van der Waals surface area contributed by atoms with Crippen molar-refractivity contribution in [1.82, 2.24) is 10.2 Å². The third-order valence-corrected chi connectivity index (χ3v) is 9.05. The van der Waals surface area contributed by atoms with Crippen molar-refractivity contribution < 1.29 is 31.9 Å². The normalized spacial score (nSPS) is 11.9. The number of carbonyl (C=O) groups is 2. The Kier molecular flexibility index (Phi) is 11.4. The lowest BCUT2D eigenvalue weighted by Gasteiger charge is -2.34. The summed E-state index contributed by atoms with van der Waals surface area (Å²) in [7, 11) is -1.45. The van der Waals surface area contributed by atoms with Gasteiger partial charge in [-0.1, -0.05) is 66.7 Å². The highest BCUT2D eigenvalue weighted by molar-refractivity contribution is 7.92. The SMILES string of the molecule is COc1ccc(N(CC(=O)N(Cc2ccccc2F)[C@@H](Cc2ccccc2)C(=O)NC(C)C)S(=O)(=O)c2ccccc2)cc1OC. The maximum absolute atomic E-state index is 15.0. The van der Waals surface area contributed by atoms with Crippen LogP contribution in [0.25, 0.3) is 0 Å². The number of methoxy groups -OCH3 is 2. The molecule has 0 aliphatic rings. The molecule has 0 aromatic heterocycles. The maximum Gasteiger partial charge on any atom is 0.264 e. The Bertz CT molecular complexity index is 1740. The maximum atomic E-state index is 15.0. The standard InChI is InChI=1S/C35H38FN3O6S/c1-25(2)37-35(41)31(21-26-13-7-5-8-14-26)38(23-27-15-11-12-18-30(27)36)34(40)24-39(46(42,43)29-16-9-6-10-17-29)28-19-20-32(44-3)33(22-28)45-4/h5-20,22,25,31H,21,23-24H2,1-4H3,(H,37,41)/t31-/m0/s1. The predicted octanol–water partition coefficient (Wildman–Crippen LogP) is 5.20. The van der Waals surface area contributed by atoms with Gasteiger partial charge in [-0.05, 0) is 49.7 Å². The topological polar surface area (TPSA) is 105 Å². The molecule has 242 valence electrons. The number of nitrogens with zero attached hydrogens (tertiary/aromatic N) is 2. The number of hydrogen-bond donors (Lipinski definition) is 1. The van der Waals surface area contributed by atoms with Crippen LogP contribution in [0.2, 0.25) is 0 Å². The smallest absolute Gasteiger partial charge is 0.264 e. The highest BCUT2D eigenvalue weighted by Gasteiger charge is 2.35. The second kappa shape index (κ2) is 15.4. The molecule has 0 bridgehead atoms. The van der Waals surface area contributed by atoms with Gasteiger partial charge >= 0.3 is 0 Å². The van der Waals surface area contributed by atoms with Crippen molar-refractivity contribution in [3.8, 4) is 11.5 Å². The van der Waals surface area contributed by atoms with Crippen LogP contribution in [0.1, 0.15) is 25.0 Å². The first-order chi connectivity index (χ1) is 22.0. The van der Waals surface area contributed by atoms with Crippen molar-refractivity contribution in [3.63, 3.8) is 0 Å². The summed E-state index contributed by atoms with van der Waals surface area (Å²) >= 11 is 0. The summed E-state index contributed by atoms with van der Waals surface area (Å²) in [6, 6.07) is 26.0. The van der Waals surface area contributed by atoms with E-state index in [4.69, 9.17) is 9.47 Å². The molecule has 46 heavy (non-hydrogen) atoms. The van der Waals surface area contributed by atoms with E-state index in [1.165, 1.54) is 67.7 Å². The number of anilines is 1. The second-order valence-electron chi connectivity index (χ2n) is 10.8. The van der Waals surface area contributed by atoms with Crippen molar-refractivity contribution >= 4 is 27.5 Å². The van der Waals surface area contributed by atoms with Crippen molar-refractivity contribution in [3.05, 3.63) is 120 Å². The van der Waals surface area contributed by atoms with Gasteiger partial charge < -0.3 is 19.7 Å². The average Bonchev–Trinajstić information content (AvgIpc) is 3.06. The third kappa shape index (κ3) is 8.22. The summed E-state index contributed by atoms with van der Waals surface area (Å²) in [5.74, 6) is -1.10. The van der Waals surface area contributed by atoms with Crippen LogP contribution in [0.5, 0.6) is 11.5 Å². The lowest BCUT2D eigenvalue weighted by atomic mass is 10.0. The molecule has 0 aliphatic carbocycles.